The highest BCUT2D eigenvalue weighted by molar-refractivity contribution is 5.83. The van der Waals surface area contributed by atoms with Gasteiger partial charge < -0.3 is 24.3 Å². The summed E-state index contributed by atoms with van der Waals surface area (Å²) in [7, 11) is 0. The number of para-hydroxylation sites is 1. The first-order chi connectivity index (χ1) is 14.1. The number of esters is 1. The zero-order valence-corrected chi connectivity index (χ0v) is 16.7. The highest BCUT2D eigenvalue weighted by atomic mass is 16.6. The van der Waals surface area contributed by atoms with Crippen molar-refractivity contribution >= 4 is 28.9 Å². The van der Waals surface area contributed by atoms with Crippen molar-refractivity contribution in [3.63, 3.8) is 0 Å². The number of hydrogen-bond acceptors (Lipinski definition) is 5. The summed E-state index contributed by atoms with van der Waals surface area (Å²) < 4.78 is 10.1. The SMILES string of the molecule is CCOC(=O)N1CCN(C(=O)COC(=O)CCCc2c[nH]c3ccccc23)CC1. The molecule has 29 heavy (non-hydrogen) atoms. The van der Waals surface area contributed by atoms with Crippen LogP contribution in [0.5, 0.6) is 0 Å². The van der Waals surface area contributed by atoms with E-state index < -0.39 is 0 Å². The van der Waals surface area contributed by atoms with E-state index in [9.17, 15) is 14.4 Å². The molecule has 0 unspecified atom stereocenters. The van der Waals surface area contributed by atoms with Gasteiger partial charge in [0.2, 0.25) is 0 Å². The highest BCUT2D eigenvalue weighted by Crippen LogP contribution is 2.19. The average Bonchev–Trinajstić information content (AvgIpc) is 3.15. The smallest absolute Gasteiger partial charge is 0.409 e. The molecular formula is C21H27N3O5. The van der Waals surface area contributed by atoms with Gasteiger partial charge in [0.25, 0.3) is 5.91 Å². The molecule has 1 aromatic heterocycles. The van der Waals surface area contributed by atoms with Crippen LogP contribution in [0.2, 0.25) is 0 Å². The van der Waals surface area contributed by atoms with E-state index >= 15 is 0 Å². The second-order valence-electron chi connectivity index (χ2n) is 6.94. The van der Waals surface area contributed by atoms with E-state index in [2.05, 4.69) is 11.1 Å². The van der Waals surface area contributed by atoms with E-state index in [1.54, 1.807) is 16.7 Å². The molecule has 0 bridgehead atoms. The number of rotatable bonds is 7. The average molecular weight is 401 g/mol. The Morgan fingerprint density at radius 1 is 1.03 bits per heavy atom. The summed E-state index contributed by atoms with van der Waals surface area (Å²) in [5.74, 6) is -0.609. The van der Waals surface area contributed by atoms with Crippen LogP contribution >= 0.6 is 0 Å². The van der Waals surface area contributed by atoms with Crippen molar-refractivity contribution in [2.75, 3.05) is 39.4 Å². The Morgan fingerprint density at radius 3 is 2.52 bits per heavy atom. The number of amides is 2. The largest absolute Gasteiger partial charge is 0.456 e. The van der Waals surface area contributed by atoms with Gasteiger partial charge in [-0.3, -0.25) is 9.59 Å². The molecule has 1 aliphatic heterocycles. The molecule has 2 aromatic rings. The van der Waals surface area contributed by atoms with E-state index in [1.165, 1.54) is 5.56 Å². The van der Waals surface area contributed by atoms with Crippen molar-refractivity contribution in [3.8, 4) is 0 Å². The van der Waals surface area contributed by atoms with Crippen molar-refractivity contribution < 1.29 is 23.9 Å². The lowest BCUT2D eigenvalue weighted by Crippen LogP contribution is -2.51. The fourth-order valence-corrected chi connectivity index (χ4v) is 3.42. The van der Waals surface area contributed by atoms with E-state index in [4.69, 9.17) is 9.47 Å². The van der Waals surface area contributed by atoms with Gasteiger partial charge in [0, 0.05) is 49.7 Å². The Balaban J connectivity index is 1.34. The topological polar surface area (TPSA) is 91.9 Å². The van der Waals surface area contributed by atoms with Gasteiger partial charge in [-0.25, -0.2) is 4.79 Å². The van der Waals surface area contributed by atoms with Crippen LogP contribution in [0, 0.1) is 0 Å². The van der Waals surface area contributed by atoms with Crippen LogP contribution < -0.4 is 0 Å². The fraction of sp³-hybridized carbons (Fsp3) is 0.476. The predicted molar refractivity (Wildman–Crippen MR) is 107 cm³/mol. The molecule has 2 heterocycles. The van der Waals surface area contributed by atoms with Crippen LogP contribution in [-0.2, 0) is 25.5 Å². The number of carbonyl (C=O) groups is 3. The van der Waals surface area contributed by atoms with Crippen LogP contribution in [-0.4, -0.2) is 72.1 Å². The van der Waals surface area contributed by atoms with Gasteiger partial charge in [-0.15, -0.1) is 0 Å². The molecule has 1 aliphatic rings. The van der Waals surface area contributed by atoms with Crippen LogP contribution in [0.3, 0.4) is 0 Å². The molecule has 3 rings (SSSR count). The summed E-state index contributed by atoms with van der Waals surface area (Å²) >= 11 is 0. The molecule has 0 spiro atoms. The van der Waals surface area contributed by atoms with Crippen LogP contribution in [0.4, 0.5) is 4.79 Å². The number of H-pyrrole nitrogens is 1. The molecule has 0 atom stereocenters. The normalized spacial score (nSPS) is 14.1. The maximum Gasteiger partial charge on any atom is 0.409 e. The minimum absolute atomic E-state index is 0.238. The van der Waals surface area contributed by atoms with Crippen molar-refractivity contribution in [1.29, 1.82) is 0 Å². The fourth-order valence-electron chi connectivity index (χ4n) is 3.42. The van der Waals surface area contributed by atoms with Crippen molar-refractivity contribution in [3.05, 3.63) is 36.0 Å². The van der Waals surface area contributed by atoms with E-state index in [0.29, 0.717) is 39.2 Å². The molecule has 8 nitrogen and oxygen atoms in total. The van der Waals surface area contributed by atoms with Gasteiger partial charge in [-0.2, -0.15) is 0 Å². The molecule has 0 radical (unpaired) electrons. The molecule has 1 aromatic carbocycles. The van der Waals surface area contributed by atoms with Gasteiger partial charge in [-0.1, -0.05) is 18.2 Å². The molecule has 2 amide bonds. The third kappa shape index (κ3) is 5.49. The number of aromatic nitrogens is 1. The number of benzene rings is 1. The number of aryl methyl sites for hydroxylation is 1. The molecular weight excluding hydrogens is 374 g/mol. The zero-order valence-electron chi connectivity index (χ0n) is 16.7. The second-order valence-corrected chi connectivity index (χ2v) is 6.94. The summed E-state index contributed by atoms with van der Waals surface area (Å²) in [4.78, 5) is 42.3. The van der Waals surface area contributed by atoms with Crippen LogP contribution in [0.15, 0.2) is 30.5 Å². The third-order valence-electron chi connectivity index (χ3n) is 5.02. The molecule has 1 fully saturated rings. The Kier molecular flexibility index (Phi) is 7.10. The van der Waals surface area contributed by atoms with E-state index in [0.717, 1.165) is 17.3 Å². The van der Waals surface area contributed by atoms with Gasteiger partial charge in [0.05, 0.1) is 6.61 Å². The number of nitrogens with one attached hydrogen (secondary N) is 1. The summed E-state index contributed by atoms with van der Waals surface area (Å²) in [6.45, 7) is 3.49. The van der Waals surface area contributed by atoms with E-state index in [1.807, 2.05) is 24.4 Å². The first kappa shape index (κ1) is 20.7. The number of ether oxygens (including phenoxy) is 2. The lowest BCUT2D eigenvalue weighted by molar-refractivity contribution is -0.152. The first-order valence-corrected chi connectivity index (χ1v) is 9.98. The second kappa shape index (κ2) is 9.95. The monoisotopic (exact) mass is 401 g/mol. The number of fused-ring (bicyclic) bond motifs is 1. The summed E-state index contributed by atoms with van der Waals surface area (Å²) in [5.41, 5.74) is 2.25. The van der Waals surface area contributed by atoms with Gasteiger partial charge in [0.1, 0.15) is 0 Å². The summed E-state index contributed by atoms with van der Waals surface area (Å²) in [5, 5.41) is 1.16. The maximum atomic E-state index is 12.2. The van der Waals surface area contributed by atoms with Crippen molar-refractivity contribution in [2.24, 2.45) is 0 Å². The zero-order chi connectivity index (χ0) is 20.6. The highest BCUT2D eigenvalue weighted by Gasteiger charge is 2.25. The molecule has 0 saturated carbocycles. The molecule has 8 heteroatoms. The summed E-state index contributed by atoms with van der Waals surface area (Å²) in [6, 6.07) is 8.05. The van der Waals surface area contributed by atoms with Crippen LogP contribution in [0.1, 0.15) is 25.3 Å². The number of carbonyl (C=O) groups excluding carboxylic acids is 3. The number of nitrogens with zero attached hydrogens (tertiary/aromatic N) is 2. The Bertz CT molecular complexity index is 855. The maximum absolute atomic E-state index is 12.2. The standard InChI is InChI=1S/C21H27N3O5/c1-2-28-21(27)24-12-10-23(11-13-24)19(25)15-29-20(26)9-5-6-16-14-22-18-8-4-3-7-17(16)18/h3-4,7-8,14,22H,2,5-6,9-13,15H2,1H3. The minimum atomic E-state index is -0.372. The van der Waals surface area contributed by atoms with Gasteiger partial charge in [0.15, 0.2) is 6.61 Å². The first-order valence-electron chi connectivity index (χ1n) is 9.98. The Labute approximate surface area is 169 Å². The van der Waals surface area contributed by atoms with Crippen LogP contribution in [0.25, 0.3) is 10.9 Å². The van der Waals surface area contributed by atoms with Gasteiger partial charge in [-0.05, 0) is 31.4 Å². The summed E-state index contributed by atoms with van der Waals surface area (Å²) in [6.07, 6.45) is 3.30. The molecule has 1 N–H and O–H groups in total. The lowest BCUT2D eigenvalue weighted by Gasteiger charge is -2.33. The minimum Gasteiger partial charge on any atom is -0.456 e. The number of aromatic amines is 1. The molecule has 0 aliphatic carbocycles. The lowest BCUT2D eigenvalue weighted by atomic mass is 10.1. The van der Waals surface area contributed by atoms with Gasteiger partial charge >= 0.3 is 12.1 Å². The number of hydrogen-bond donors (Lipinski definition) is 1. The quantitative estimate of drug-likeness (QED) is 0.719. The van der Waals surface area contributed by atoms with Crippen molar-refractivity contribution in [1.82, 2.24) is 14.8 Å². The third-order valence-corrected chi connectivity index (χ3v) is 5.02. The van der Waals surface area contributed by atoms with Crippen molar-refractivity contribution in [2.45, 2.75) is 26.2 Å². The van der Waals surface area contributed by atoms with E-state index in [-0.39, 0.29) is 31.0 Å². The molecule has 1 saturated heterocycles. The Hall–Kier alpha value is -3.03. The number of piperazine rings is 1. The molecule has 156 valence electrons. The Morgan fingerprint density at radius 2 is 1.76 bits per heavy atom. The predicted octanol–water partition coefficient (Wildman–Crippen LogP) is 2.33.